The summed E-state index contributed by atoms with van der Waals surface area (Å²) in [7, 11) is 3.67. The Hall–Kier alpha value is -1.26. The Morgan fingerprint density at radius 3 is 2.82 bits per heavy atom. The van der Waals surface area contributed by atoms with Gasteiger partial charge >= 0.3 is 0 Å². The van der Waals surface area contributed by atoms with Crippen molar-refractivity contribution in [2.75, 3.05) is 38.8 Å². The van der Waals surface area contributed by atoms with Crippen molar-refractivity contribution in [2.45, 2.75) is 13.0 Å². The number of benzene rings is 1. The van der Waals surface area contributed by atoms with Crippen molar-refractivity contribution >= 4 is 5.69 Å². The summed E-state index contributed by atoms with van der Waals surface area (Å²) in [4.78, 5) is 2.10. The molecule has 0 bridgehead atoms. The number of methoxy groups -OCH3 is 1. The number of nitrogens with zero attached hydrogens (tertiary/aromatic N) is 1. The minimum atomic E-state index is 0.0937. The Balaban J connectivity index is 2.64. The highest BCUT2D eigenvalue weighted by atomic mass is 16.5. The van der Waals surface area contributed by atoms with Crippen LogP contribution in [0.25, 0.3) is 0 Å². The Bertz CT molecular complexity index is 331. The van der Waals surface area contributed by atoms with Crippen LogP contribution in [0.15, 0.2) is 24.3 Å². The topological polar surface area (TPSA) is 44.7 Å². The van der Waals surface area contributed by atoms with E-state index in [-0.39, 0.29) is 12.6 Å². The second-order valence-corrected chi connectivity index (χ2v) is 4.02. The number of ether oxygens (including phenoxy) is 1. The number of likely N-dealkylation sites (N-methyl/N-ethyl adjacent to an activating group) is 2. The van der Waals surface area contributed by atoms with Gasteiger partial charge in [-0.15, -0.1) is 0 Å². The summed E-state index contributed by atoms with van der Waals surface area (Å²) in [5, 5.41) is 12.5. The maximum atomic E-state index is 9.24. The zero-order valence-electron chi connectivity index (χ0n) is 10.8. The fourth-order valence-corrected chi connectivity index (χ4v) is 1.76. The first-order chi connectivity index (χ1) is 8.21. The lowest BCUT2D eigenvalue weighted by molar-refractivity contribution is 0.246. The molecule has 1 aromatic rings. The SMILES string of the molecule is CCNC(CO)CN(C)c1cccc(OC)c1. The quantitative estimate of drug-likeness (QED) is 0.747. The van der Waals surface area contributed by atoms with Gasteiger partial charge in [0.05, 0.1) is 13.7 Å². The molecule has 17 heavy (non-hydrogen) atoms. The van der Waals surface area contributed by atoms with Gasteiger partial charge < -0.3 is 20.1 Å². The van der Waals surface area contributed by atoms with Crippen LogP contribution in [0.2, 0.25) is 0 Å². The third kappa shape index (κ3) is 4.24. The zero-order chi connectivity index (χ0) is 12.7. The maximum absolute atomic E-state index is 9.24. The van der Waals surface area contributed by atoms with Crippen molar-refractivity contribution in [3.63, 3.8) is 0 Å². The first-order valence-corrected chi connectivity index (χ1v) is 5.90. The zero-order valence-corrected chi connectivity index (χ0v) is 10.8. The molecule has 2 N–H and O–H groups in total. The Labute approximate surface area is 103 Å². The largest absolute Gasteiger partial charge is 0.497 e. The van der Waals surface area contributed by atoms with Crippen LogP contribution in [0, 0.1) is 0 Å². The second kappa shape index (κ2) is 7.14. The number of anilines is 1. The highest BCUT2D eigenvalue weighted by molar-refractivity contribution is 5.50. The lowest BCUT2D eigenvalue weighted by atomic mass is 10.2. The summed E-state index contributed by atoms with van der Waals surface area (Å²) in [6.45, 7) is 3.80. The summed E-state index contributed by atoms with van der Waals surface area (Å²) < 4.78 is 5.19. The minimum Gasteiger partial charge on any atom is -0.497 e. The Kier molecular flexibility index (Phi) is 5.80. The molecular weight excluding hydrogens is 216 g/mol. The van der Waals surface area contributed by atoms with E-state index in [1.807, 2.05) is 38.2 Å². The van der Waals surface area contributed by atoms with Gasteiger partial charge in [0.2, 0.25) is 0 Å². The van der Waals surface area contributed by atoms with E-state index in [0.29, 0.717) is 0 Å². The van der Waals surface area contributed by atoms with Gasteiger partial charge in [-0.05, 0) is 18.7 Å². The van der Waals surface area contributed by atoms with Gasteiger partial charge in [0.1, 0.15) is 5.75 Å². The van der Waals surface area contributed by atoms with Gasteiger partial charge in [-0.3, -0.25) is 0 Å². The smallest absolute Gasteiger partial charge is 0.120 e. The molecule has 0 spiro atoms. The molecule has 0 aliphatic carbocycles. The summed E-state index contributed by atoms with van der Waals surface area (Å²) >= 11 is 0. The number of nitrogens with one attached hydrogen (secondary N) is 1. The lowest BCUT2D eigenvalue weighted by Crippen LogP contribution is -2.42. The molecular formula is C13H22N2O2. The van der Waals surface area contributed by atoms with Crippen LogP contribution in [0.3, 0.4) is 0 Å². The number of aliphatic hydroxyl groups excluding tert-OH is 1. The average Bonchev–Trinajstić information content (AvgIpc) is 2.38. The molecule has 0 aliphatic heterocycles. The number of rotatable bonds is 7. The van der Waals surface area contributed by atoms with Crippen molar-refractivity contribution < 1.29 is 9.84 Å². The molecule has 4 nitrogen and oxygen atoms in total. The van der Waals surface area contributed by atoms with E-state index in [1.54, 1.807) is 7.11 Å². The molecule has 0 saturated heterocycles. The van der Waals surface area contributed by atoms with Crippen LogP contribution >= 0.6 is 0 Å². The second-order valence-electron chi connectivity index (χ2n) is 4.02. The van der Waals surface area contributed by atoms with Gasteiger partial charge in [0.15, 0.2) is 0 Å². The molecule has 96 valence electrons. The van der Waals surface area contributed by atoms with Crippen molar-refractivity contribution in [1.82, 2.24) is 5.32 Å². The van der Waals surface area contributed by atoms with E-state index < -0.39 is 0 Å². The molecule has 0 aliphatic rings. The molecule has 0 aromatic heterocycles. The van der Waals surface area contributed by atoms with Crippen LogP contribution in [0.1, 0.15) is 6.92 Å². The lowest BCUT2D eigenvalue weighted by Gasteiger charge is -2.25. The molecule has 1 atom stereocenters. The van der Waals surface area contributed by atoms with Gasteiger partial charge in [-0.1, -0.05) is 13.0 Å². The van der Waals surface area contributed by atoms with Crippen LogP contribution in [0.5, 0.6) is 5.75 Å². The molecule has 1 aromatic carbocycles. The highest BCUT2D eigenvalue weighted by Gasteiger charge is 2.10. The molecule has 0 saturated carbocycles. The van der Waals surface area contributed by atoms with E-state index in [0.717, 1.165) is 24.5 Å². The molecule has 0 heterocycles. The first-order valence-electron chi connectivity index (χ1n) is 5.90. The normalized spacial score (nSPS) is 12.2. The third-order valence-electron chi connectivity index (χ3n) is 2.70. The van der Waals surface area contributed by atoms with Gasteiger partial charge in [-0.25, -0.2) is 0 Å². The maximum Gasteiger partial charge on any atom is 0.120 e. The number of hydrogen-bond donors (Lipinski definition) is 2. The molecule has 0 radical (unpaired) electrons. The summed E-state index contributed by atoms with van der Waals surface area (Å²) in [6.07, 6.45) is 0. The number of aliphatic hydroxyl groups is 1. The first kappa shape index (κ1) is 13.8. The predicted octanol–water partition coefficient (Wildman–Crippen LogP) is 1.10. The molecule has 1 rings (SSSR count). The van der Waals surface area contributed by atoms with E-state index in [1.165, 1.54) is 0 Å². The van der Waals surface area contributed by atoms with E-state index >= 15 is 0 Å². The van der Waals surface area contributed by atoms with Crippen molar-refractivity contribution in [1.29, 1.82) is 0 Å². The van der Waals surface area contributed by atoms with E-state index in [4.69, 9.17) is 4.74 Å². The van der Waals surface area contributed by atoms with Crippen molar-refractivity contribution in [2.24, 2.45) is 0 Å². The summed E-state index contributed by atoms with van der Waals surface area (Å²) in [5.74, 6) is 0.846. The van der Waals surface area contributed by atoms with Crippen molar-refractivity contribution in [3.05, 3.63) is 24.3 Å². The fraction of sp³-hybridized carbons (Fsp3) is 0.538. The van der Waals surface area contributed by atoms with Crippen molar-refractivity contribution in [3.8, 4) is 5.75 Å². The Morgan fingerprint density at radius 2 is 2.24 bits per heavy atom. The van der Waals surface area contributed by atoms with Gasteiger partial charge in [0.25, 0.3) is 0 Å². The standard InChI is InChI=1S/C13H22N2O2/c1-4-14-11(10-16)9-15(2)12-6-5-7-13(8-12)17-3/h5-8,11,14,16H,4,9-10H2,1-3H3. The third-order valence-corrected chi connectivity index (χ3v) is 2.70. The molecule has 4 heteroatoms. The van der Waals surface area contributed by atoms with E-state index in [9.17, 15) is 5.11 Å². The minimum absolute atomic E-state index is 0.0937. The number of hydrogen-bond acceptors (Lipinski definition) is 4. The monoisotopic (exact) mass is 238 g/mol. The predicted molar refractivity (Wildman–Crippen MR) is 70.8 cm³/mol. The van der Waals surface area contributed by atoms with Crippen LogP contribution in [-0.4, -0.2) is 45.0 Å². The fourth-order valence-electron chi connectivity index (χ4n) is 1.76. The van der Waals surface area contributed by atoms with Gasteiger partial charge in [-0.2, -0.15) is 0 Å². The van der Waals surface area contributed by atoms with E-state index in [2.05, 4.69) is 10.2 Å². The summed E-state index contributed by atoms with van der Waals surface area (Å²) in [6, 6.07) is 8.00. The van der Waals surface area contributed by atoms with Crippen LogP contribution in [0.4, 0.5) is 5.69 Å². The summed E-state index contributed by atoms with van der Waals surface area (Å²) in [5.41, 5.74) is 1.08. The highest BCUT2D eigenvalue weighted by Crippen LogP contribution is 2.19. The molecule has 0 amide bonds. The molecule has 1 unspecified atom stereocenters. The Morgan fingerprint density at radius 1 is 1.47 bits per heavy atom. The van der Waals surface area contributed by atoms with Gasteiger partial charge in [0, 0.05) is 31.4 Å². The van der Waals surface area contributed by atoms with Crippen LogP contribution in [-0.2, 0) is 0 Å². The molecule has 0 fully saturated rings. The van der Waals surface area contributed by atoms with Crippen LogP contribution < -0.4 is 15.0 Å². The average molecular weight is 238 g/mol.